The highest BCUT2D eigenvalue weighted by Gasteiger charge is 2.20. The van der Waals surface area contributed by atoms with E-state index in [-0.39, 0.29) is 11.4 Å². The Morgan fingerprint density at radius 1 is 1.00 bits per heavy atom. The number of aromatic amines is 1. The molecule has 1 N–H and O–H groups in total. The van der Waals surface area contributed by atoms with E-state index in [4.69, 9.17) is 4.74 Å². The second-order valence-corrected chi connectivity index (χ2v) is 8.85. The van der Waals surface area contributed by atoms with Gasteiger partial charge in [0.15, 0.2) is 5.69 Å². The van der Waals surface area contributed by atoms with Gasteiger partial charge in [0.1, 0.15) is 5.75 Å². The molecule has 5 rings (SSSR count). The van der Waals surface area contributed by atoms with Gasteiger partial charge in [0.05, 0.1) is 29.1 Å². The van der Waals surface area contributed by atoms with Gasteiger partial charge >= 0.3 is 5.56 Å². The molecule has 0 atom stereocenters. The predicted octanol–water partition coefficient (Wildman–Crippen LogP) is 6.60. The monoisotopic (exact) mass is 512 g/mol. The van der Waals surface area contributed by atoms with Crippen molar-refractivity contribution in [1.82, 2.24) is 14.8 Å². The third-order valence-corrected chi connectivity index (χ3v) is 6.50. The number of non-ortho nitro benzene ring substituents is 1. The lowest BCUT2D eigenvalue weighted by Gasteiger charge is -2.01. The van der Waals surface area contributed by atoms with Gasteiger partial charge in [0, 0.05) is 28.6 Å². The van der Waals surface area contributed by atoms with Crippen molar-refractivity contribution in [2.45, 2.75) is 6.92 Å². The highest BCUT2D eigenvalue weighted by molar-refractivity contribution is 7.12. The van der Waals surface area contributed by atoms with E-state index in [2.05, 4.69) is 20.3 Å². The van der Waals surface area contributed by atoms with Gasteiger partial charge in [-0.2, -0.15) is 9.80 Å². The van der Waals surface area contributed by atoms with Crippen LogP contribution in [0.5, 0.6) is 5.75 Å². The molecule has 184 valence electrons. The summed E-state index contributed by atoms with van der Waals surface area (Å²) in [5.41, 5.74) is 3.59. The van der Waals surface area contributed by atoms with Crippen molar-refractivity contribution in [3.05, 3.63) is 104 Å². The fourth-order valence-electron chi connectivity index (χ4n) is 3.65. The van der Waals surface area contributed by atoms with Crippen molar-refractivity contribution in [1.29, 1.82) is 0 Å². The van der Waals surface area contributed by atoms with Crippen LogP contribution in [-0.4, -0.2) is 26.8 Å². The number of aryl methyl sites for hydroxylation is 1. The van der Waals surface area contributed by atoms with Gasteiger partial charge in [0.25, 0.3) is 5.69 Å². The number of azo groups is 1. The molecule has 0 aliphatic rings. The minimum absolute atomic E-state index is 0.0577. The number of nitro groups is 1. The van der Waals surface area contributed by atoms with Crippen LogP contribution in [0, 0.1) is 17.0 Å². The third kappa shape index (κ3) is 4.80. The first-order valence-corrected chi connectivity index (χ1v) is 12.0. The Hall–Kier alpha value is -4.90. The van der Waals surface area contributed by atoms with Crippen LogP contribution >= 0.6 is 11.3 Å². The maximum Gasteiger partial charge on any atom is 0.301 e. The summed E-state index contributed by atoms with van der Waals surface area (Å²) in [6.07, 6.45) is 0. The number of rotatable bonds is 7. The number of hydrogen-bond acceptors (Lipinski definition) is 8. The predicted molar refractivity (Wildman–Crippen MR) is 141 cm³/mol. The number of methoxy groups -OCH3 is 1. The van der Waals surface area contributed by atoms with Gasteiger partial charge in [-0.15, -0.1) is 16.5 Å². The number of hydrogen-bond donors (Lipinski definition) is 1. The first-order chi connectivity index (χ1) is 17.9. The average Bonchev–Trinajstić information content (AvgIpc) is 3.53. The molecular formula is C26H20N6O4S. The molecule has 2 aromatic heterocycles. The Labute approximate surface area is 214 Å². The van der Waals surface area contributed by atoms with Crippen LogP contribution in [-0.2, 0) is 0 Å². The van der Waals surface area contributed by atoms with Gasteiger partial charge in [-0.3, -0.25) is 20.0 Å². The number of benzene rings is 3. The van der Waals surface area contributed by atoms with E-state index in [0.29, 0.717) is 27.8 Å². The third-order valence-electron chi connectivity index (χ3n) is 5.68. The van der Waals surface area contributed by atoms with Gasteiger partial charge in [-0.25, -0.2) is 4.98 Å². The van der Waals surface area contributed by atoms with Crippen molar-refractivity contribution in [3.63, 3.8) is 0 Å². The molecule has 0 aliphatic carbocycles. The molecule has 10 nitrogen and oxygen atoms in total. The van der Waals surface area contributed by atoms with Crippen LogP contribution in [0.1, 0.15) is 5.56 Å². The second-order valence-electron chi connectivity index (χ2n) is 8.01. The summed E-state index contributed by atoms with van der Waals surface area (Å²) in [4.78, 5) is 28.7. The molecule has 0 fully saturated rings. The zero-order chi connectivity index (χ0) is 25.9. The van der Waals surface area contributed by atoms with Crippen LogP contribution in [0.2, 0.25) is 0 Å². The molecule has 0 amide bonds. The summed E-state index contributed by atoms with van der Waals surface area (Å²) in [6, 6.07) is 20.8. The van der Waals surface area contributed by atoms with E-state index in [1.165, 1.54) is 28.2 Å². The topological polar surface area (TPSA) is 128 Å². The molecule has 0 saturated carbocycles. The van der Waals surface area contributed by atoms with Crippen LogP contribution in [0.4, 0.5) is 17.1 Å². The molecule has 11 heteroatoms. The first-order valence-electron chi connectivity index (χ1n) is 11.1. The molecule has 0 spiro atoms. The zero-order valence-corrected chi connectivity index (χ0v) is 20.6. The number of nitrogens with one attached hydrogen (secondary N) is 1. The van der Waals surface area contributed by atoms with Crippen LogP contribution in [0.25, 0.3) is 27.6 Å². The fraction of sp³-hybridized carbons (Fsp3) is 0.0769. The Balaban J connectivity index is 1.59. The van der Waals surface area contributed by atoms with E-state index in [0.717, 1.165) is 16.9 Å². The quantitative estimate of drug-likeness (QED) is 0.149. The highest BCUT2D eigenvalue weighted by atomic mass is 32.1. The number of aromatic nitrogens is 3. The van der Waals surface area contributed by atoms with Crippen molar-refractivity contribution >= 4 is 28.4 Å². The maximum atomic E-state index is 13.5. The molecule has 3 aromatic carbocycles. The van der Waals surface area contributed by atoms with Crippen molar-refractivity contribution in [3.8, 4) is 33.4 Å². The lowest BCUT2D eigenvalue weighted by Crippen LogP contribution is -2.13. The van der Waals surface area contributed by atoms with Crippen LogP contribution in [0.15, 0.2) is 93.2 Å². The number of ether oxygens (including phenoxy) is 1. The molecule has 2 heterocycles. The van der Waals surface area contributed by atoms with Crippen molar-refractivity contribution < 1.29 is 9.66 Å². The Bertz CT molecular complexity index is 1670. The first kappa shape index (κ1) is 23.8. The van der Waals surface area contributed by atoms with Gasteiger partial charge < -0.3 is 4.74 Å². The molecule has 0 bridgehead atoms. The van der Waals surface area contributed by atoms with E-state index in [1.807, 2.05) is 54.8 Å². The minimum atomic E-state index is -0.479. The molecule has 37 heavy (non-hydrogen) atoms. The Kier molecular flexibility index (Phi) is 6.43. The summed E-state index contributed by atoms with van der Waals surface area (Å²) in [7, 11) is 1.60. The van der Waals surface area contributed by atoms with E-state index < -0.39 is 10.5 Å². The largest absolute Gasteiger partial charge is 0.497 e. The van der Waals surface area contributed by atoms with E-state index in [9.17, 15) is 14.9 Å². The van der Waals surface area contributed by atoms with Crippen LogP contribution in [0.3, 0.4) is 0 Å². The Morgan fingerprint density at radius 3 is 2.38 bits per heavy atom. The smallest absolute Gasteiger partial charge is 0.301 e. The van der Waals surface area contributed by atoms with Crippen molar-refractivity contribution in [2.75, 3.05) is 7.11 Å². The molecule has 0 radical (unpaired) electrons. The maximum absolute atomic E-state index is 13.5. The number of H-pyrrole nitrogens is 1. The molecule has 0 aliphatic heterocycles. The van der Waals surface area contributed by atoms with Crippen LogP contribution < -0.4 is 10.3 Å². The molecule has 0 saturated heterocycles. The summed E-state index contributed by atoms with van der Waals surface area (Å²) in [6.45, 7) is 1.90. The normalized spacial score (nSPS) is 11.2. The zero-order valence-electron chi connectivity index (χ0n) is 19.8. The lowest BCUT2D eigenvalue weighted by atomic mass is 10.1. The van der Waals surface area contributed by atoms with Gasteiger partial charge in [-0.1, -0.05) is 18.2 Å². The Morgan fingerprint density at radius 2 is 1.70 bits per heavy atom. The van der Waals surface area contributed by atoms with Gasteiger partial charge in [0.2, 0.25) is 5.13 Å². The summed E-state index contributed by atoms with van der Waals surface area (Å²) < 4.78 is 6.52. The SMILES string of the molecule is COc1ccc(-c2csc(-n3[nH]c(-c4ccc([N+](=O)[O-])cc4)c(N=Nc4ccccc4C)c3=O)n2)cc1. The fourth-order valence-corrected chi connectivity index (χ4v) is 4.44. The van der Waals surface area contributed by atoms with Gasteiger partial charge in [-0.05, 0) is 55.0 Å². The molecule has 0 unspecified atom stereocenters. The second kappa shape index (κ2) is 9.99. The summed E-state index contributed by atoms with van der Waals surface area (Å²) in [5.74, 6) is 0.733. The highest BCUT2D eigenvalue weighted by Crippen LogP contribution is 2.31. The summed E-state index contributed by atoms with van der Waals surface area (Å²) >= 11 is 1.29. The standard InChI is InChI=1S/C26H20N6O4S/c1-16-5-3-4-6-21(16)28-29-24-23(18-7-11-19(12-8-18)32(34)35)30-31(25(24)33)26-27-22(15-37-26)17-9-13-20(36-2)14-10-17/h3-15,30H,1-2H3. The summed E-state index contributed by atoms with van der Waals surface area (Å²) in [5, 5.41) is 25.0. The minimum Gasteiger partial charge on any atom is -0.497 e. The average molecular weight is 513 g/mol. The number of nitrogens with zero attached hydrogens (tertiary/aromatic N) is 5. The van der Waals surface area contributed by atoms with Crippen molar-refractivity contribution in [2.24, 2.45) is 10.2 Å². The van der Waals surface area contributed by atoms with E-state index >= 15 is 0 Å². The number of thiazole rings is 1. The lowest BCUT2D eigenvalue weighted by molar-refractivity contribution is -0.384. The molecule has 5 aromatic rings. The van der Waals surface area contributed by atoms with E-state index in [1.54, 1.807) is 25.3 Å². The molecular weight excluding hydrogens is 492 g/mol. The number of nitro benzene ring substituents is 1.